The molecule has 2 rings (SSSR count). The van der Waals surface area contributed by atoms with E-state index in [4.69, 9.17) is 11.5 Å². The van der Waals surface area contributed by atoms with Gasteiger partial charge in [0.2, 0.25) is 0 Å². The lowest BCUT2D eigenvalue weighted by Gasteiger charge is -2.19. The molecule has 0 spiro atoms. The molecule has 24 heavy (non-hydrogen) atoms. The molecule has 0 unspecified atom stereocenters. The molecule has 130 valence electrons. The Hall–Kier alpha value is -2.52. The quantitative estimate of drug-likeness (QED) is 0.568. The zero-order valence-electron chi connectivity index (χ0n) is 11.5. The van der Waals surface area contributed by atoms with Crippen molar-refractivity contribution in [2.24, 2.45) is 0 Å². The SMILES string of the molecule is Nc1ccc(-c2c(C(F)(F)F)cc(N)c(F)c2F)c(C(F)(F)F)c1. The van der Waals surface area contributed by atoms with Crippen molar-refractivity contribution in [3.63, 3.8) is 0 Å². The highest BCUT2D eigenvalue weighted by atomic mass is 19.4. The summed E-state index contributed by atoms with van der Waals surface area (Å²) in [6.07, 6.45) is -10.4. The van der Waals surface area contributed by atoms with E-state index in [1.165, 1.54) is 0 Å². The summed E-state index contributed by atoms with van der Waals surface area (Å²) in [5, 5.41) is 0. The Bertz CT molecular complexity index is 793. The fraction of sp³-hybridized carbons (Fsp3) is 0.143. The van der Waals surface area contributed by atoms with Gasteiger partial charge in [0, 0.05) is 11.3 Å². The van der Waals surface area contributed by atoms with Gasteiger partial charge in [-0.1, -0.05) is 6.07 Å². The van der Waals surface area contributed by atoms with Crippen molar-refractivity contribution in [1.82, 2.24) is 0 Å². The lowest BCUT2D eigenvalue weighted by Crippen LogP contribution is -2.15. The molecule has 0 aromatic heterocycles. The molecule has 2 nitrogen and oxygen atoms in total. The zero-order valence-corrected chi connectivity index (χ0v) is 11.5. The average molecular weight is 356 g/mol. The molecule has 0 aliphatic carbocycles. The number of nitrogens with two attached hydrogens (primary N) is 2. The van der Waals surface area contributed by atoms with Gasteiger partial charge in [0.05, 0.1) is 16.8 Å². The van der Waals surface area contributed by atoms with Crippen LogP contribution in [-0.2, 0) is 12.4 Å². The topological polar surface area (TPSA) is 52.0 Å². The monoisotopic (exact) mass is 356 g/mol. The third kappa shape index (κ3) is 3.08. The van der Waals surface area contributed by atoms with E-state index < -0.39 is 57.6 Å². The maximum atomic E-state index is 14.1. The van der Waals surface area contributed by atoms with Crippen LogP contribution in [0.15, 0.2) is 24.3 Å². The molecule has 0 atom stereocenters. The summed E-state index contributed by atoms with van der Waals surface area (Å²) < 4.78 is 106. The molecule has 0 radical (unpaired) electrons. The molecule has 0 fully saturated rings. The van der Waals surface area contributed by atoms with Gasteiger partial charge in [-0.05, 0) is 23.8 Å². The zero-order chi connectivity index (χ0) is 18.4. The van der Waals surface area contributed by atoms with Crippen LogP contribution in [0.2, 0.25) is 0 Å². The van der Waals surface area contributed by atoms with Crippen LogP contribution in [0, 0.1) is 11.6 Å². The van der Waals surface area contributed by atoms with Gasteiger partial charge in [0.25, 0.3) is 0 Å². The van der Waals surface area contributed by atoms with Crippen molar-refractivity contribution in [1.29, 1.82) is 0 Å². The van der Waals surface area contributed by atoms with E-state index in [1.807, 2.05) is 0 Å². The number of benzene rings is 2. The molecule has 2 aromatic rings. The van der Waals surface area contributed by atoms with Gasteiger partial charge >= 0.3 is 12.4 Å². The second-order valence-corrected chi connectivity index (χ2v) is 4.82. The first kappa shape index (κ1) is 17.8. The Morgan fingerprint density at radius 1 is 0.708 bits per heavy atom. The third-order valence-corrected chi connectivity index (χ3v) is 3.16. The van der Waals surface area contributed by atoms with E-state index in [-0.39, 0.29) is 6.07 Å². The second-order valence-electron chi connectivity index (χ2n) is 4.82. The van der Waals surface area contributed by atoms with Crippen molar-refractivity contribution in [3.8, 4) is 11.1 Å². The highest BCUT2D eigenvalue weighted by Gasteiger charge is 2.41. The maximum Gasteiger partial charge on any atom is 0.417 e. The number of rotatable bonds is 1. The van der Waals surface area contributed by atoms with Crippen molar-refractivity contribution in [2.75, 3.05) is 11.5 Å². The van der Waals surface area contributed by atoms with E-state index >= 15 is 0 Å². The minimum Gasteiger partial charge on any atom is -0.399 e. The van der Waals surface area contributed by atoms with E-state index in [0.29, 0.717) is 12.1 Å². The summed E-state index contributed by atoms with van der Waals surface area (Å²) in [6, 6.07) is 1.77. The van der Waals surface area contributed by atoms with E-state index in [0.717, 1.165) is 6.07 Å². The summed E-state index contributed by atoms with van der Waals surface area (Å²) in [5.74, 6) is -4.00. The first-order chi connectivity index (χ1) is 10.8. The molecule has 0 heterocycles. The maximum absolute atomic E-state index is 14.1. The first-order valence-corrected chi connectivity index (χ1v) is 6.15. The summed E-state index contributed by atoms with van der Waals surface area (Å²) in [5.41, 5.74) is 2.35. The molecule has 0 aliphatic rings. The molecular formula is C14H8F8N2. The van der Waals surface area contributed by atoms with Crippen LogP contribution in [0.25, 0.3) is 11.1 Å². The van der Waals surface area contributed by atoms with Gasteiger partial charge in [-0.2, -0.15) is 26.3 Å². The van der Waals surface area contributed by atoms with Gasteiger partial charge in [0.15, 0.2) is 11.6 Å². The van der Waals surface area contributed by atoms with Crippen molar-refractivity contribution in [2.45, 2.75) is 12.4 Å². The van der Waals surface area contributed by atoms with Crippen molar-refractivity contribution in [3.05, 3.63) is 47.0 Å². The highest BCUT2D eigenvalue weighted by molar-refractivity contribution is 5.76. The number of anilines is 2. The molecule has 0 bridgehead atoms. The molecule has 0 amide bonds. The smallest absolute Gasteiger partial charge is 0.399 e. The molecule has 10 heteroatoms. The predicted molar refractivity (Wildman–Crippen MR) is 70.6 cm³/mol. The Kier molecular flexibility index (Phi) is 4.11. The number of alkyl halides is 6. The van der Waals surface area contributed by atoms with E-state index in [1.54, 1.807) is 0 Å². The van der Waals surface area contributed by atoms with Gasteiger partial charge < -0.3 is 11.5 Å². The Morgan fingerprint density at radius 3 is 1.75 bits per heavy atom. The molecular weight excluding hydrogens is 348 g/mol. The second kappa shape index (κ2) is 5.53. The summed E-state index contributed by atoms with van der Waals surface area (Å²) in [6.45, 7) is 0. The van der Waals surface area contributed by atoms with Crippen molar-refractivity contribution < 1.29 is 35.1 Å². The number of hydrogen-bond donors (Lipinski definition) is 2. The first-order valence-electron chi connectivity index (χ1n) is 6.15. The van der Waals surface area contributed by atoms with E-state index in [9.17, 15) is 35.1 Å². The van der Waals surface area contributed by atoms with Crippen LogP contribution in [0.5, 0.6) is 0 Å². The fourth-order valence-electron chi connectivity index (χ4n) is 2.15. The van der Waals surface area contributed by atoms with Crippen LogP contribution in [-0.4, -0.2) is 0 Å². The molecule has 2 aromatic carbocycles. The summed E-state index contributed by atoms with van der Waals surface area (Å²) in [4.78, 5) is 0. The predicted octanol–water partition coefficient (Wildman–Crippen LogP) is 4.83. The Morgan fingerprint density at radius 2 is 1.25 bits per heavy atom. The third-order valence-electron chi connectivity index (χ3n) is 3.16. The van der Waals surface area contributed by atoms with Crippen molar-refractivity contribution >= 4 is 11.4 Å². The minimum absolute atomic E-state index is 0.0459. The lowest BCUT2D eigenvalue weighted by atomic mass is 9.93. The van der Waals surface area contributed by atoms with Gasteiger partial charge in [0.1, 0.15) is 0 Å². The molecule has 0 aliphatic heterocycles. The Balaban J connectivity index is 2.95. The van der Waals surface area contributed by atoms with Gasteiger partial charge in [-0.15, -0.1) is 0 Å². The normalized spacial score (nSPS) is 12.5. The van der Waals surface area contributed by atoms with Crippen LogP contribution in [0.3, 0.4) is 0 Å². The summed E-state index contributed by atoms with van der Waals surface area (Å²) in [7, 11) is 0. The summed E-state index contributed by atoms with van der Waals surface area (Å²) >= 11 is 0. The van der Waals surface area contributed by atoms with Crippen LogP contribution in [0.1, 0.15) is 11.1 Å². The van der Waals surface area contributed by atoms with Crippen LogP contribution in [0.4, 0.5) is 46.5 Å². The molecule has 4 N–H and O–H groups in total. The van der Waals surface area contributed by atoms with E-state index in [2.05, 4.69) is 0 Å². The van der Waals surface area contributed by atoms with Gasteiger partial charge in [-0.25, -0.2) is 8.78 Å². The molecule has 0 saturated carbocycles. The highest BCUT2D eigenvalue weighted by Crippen LogP contribution is 2.45. The number of nitrogen functional groups attached to an aromatic ring is 2. The van der Waals surface area contributed by atoms with Gasteiger partial charge in [-0.3, -0.25) is 0 Å². The van der Waals surface area contributed by atoms with Crippen LogP contribution < -0.4 is 11.5 Å². The number of halogens is 8. The fourth-order valence-corrected chi connectivity index (χ4v) is 2.15. The molecule has 0 saturated heterocycles. The Labute approximate surface area is 129 Å². The van der Waals surface area contributed by atoms with Crippen LogP contribution >= 0.6 is 0 Å². The largest absolute Gasteiger partial charge is 0.417 e. The minimum atomic E-state index is -5.26. The standard InChI is InChI=1S/C14H8F8N2/c15-11-9(24)4-8(14(20,21)22)10(12(11)16)6-2-1-5(23)3-7(6)13(17,18)19/h1-4H,23-24H2. The lowest BCUT2D eigenvalue weighted by molar-refractivity contribution is -0.139. The average Bonchev–Trinajstić information content (AvgIpc) is 2.43. The number of hydrogen-bond acceptors (Lipinski definition) is 2.